The maximum absolute atomic E-state index is 10.4. The van der Waals surface area contributed by atoms with Crippen molar-refractivity contribution in [1.82, 2.24) is 5.32 Å². The van der Waals surface area contributed by atoms with Crippen LogP contribution in [0.15, 0.2) is 0 Å². The van der Waals surface area contributed by atoms with Gasteiger partial charge in [0.15, 0.2) is 0 Å². The maximum atomic E-state index is 10.4. The van der Waals surface area contributed by atoms with Crippen molar-refractivity contribution in [3.63, 3.8) is 0 Å². The second-order valence-electron chi connectivity index (χ2n) is 5.25. The van der Waals surface area contributed by atoms with E-state index in [2.05, 4.69) is 19.2 Å². The van der Waals surface area contributed by atoms with E-state index in [4.69, 9.17) is 4.74 Å². The predicted molar refractivity (Wildman–Crippen MR) is 61.9 cm³/mol. The normalized spacial score (nSPS) is 36.8. The molecular weight excluding hydrogens is 190 g/mol. The minimum Gasteiger partial charge on any atom is -0.389 e. The lowest BCUT2D eigenvalue weighted by Crippen LogP contribution is -2.46. The fourth-order valence-corrected chi connectivity index (χ4v) is 2.87. The molecule has 0 spiro atoms. The molecule has 0 aliphatic heterocycles. The van der Waals surface area contributed by atoms with Crippen molar-refractivity contribution in [3.8, 4) is 0 Å². The minimum absolute atomic E-state index is 0.495. The minimum atomic E-state index is -0.495. The number of hydrogen-bond acceptors (Lipinski definition) is 3. The average Bonchev–Trinajstić information content (AvgIpc) is 2.10. The number of nitrogens with one attached hydrogen (secondary N) is 1. The second kappa shape index (κ2) is 5.83. The quantitative estimate of drug-likeness (QED) is 0.681. The molecule has 2 atom stereocenters. The first-order valence-electron chi connectivity index (χ1n) is 5.98. The van der Waals surface area contributed by atoms with Crippen LogP contribution in [0.2, 0.25) is 0 Å². The number of ether oxygens (including phenoxy) is 1. The summed E-state index contributed by atoms with van der Waals surface area (Å²) >= 11 is 0. The highest BCUT2D eigenvalue weighted by atomic mass is 16.5. The lowest BCUT2D eigenvalue weighted by molar-refractivity contribution is -0.0301. The van der Waals surface area contributed by atoms with E-state index >= 15 is 0 Å². The molecule has 0 heterocycles. The van der Waals surface area contributed by atoms with Crippen molar-refractivity contribution in [1.29, 1.82) is 0 Å². The first-order chi connectivity index (χ1) is 7.06. The SMILES string of the molecule is COCCNCC1(O)CC(C)CC(C)C1. The molecule has 0 aromatic carbocycles. The first kappa shape index (κ1) is 12.9. The topological polar surface area (TPSA) is 41.5 Å². The Balaban J connectivity index is 2.30. The van der Waals surface area contributed by atoms with Crippen molar-refractivity contribution in [2.24, 2.45) is 11.8 Å². The molecule has 0 aromatic rings. The van der Waals surface area contributed by atoms with Gasteiger partial charge in [0.2, 0.25) is 0 Å². The third kappa shape index (κ3) is 4.49. The average molecular weight is 215 g/mol. The van der Waals surface area contributed by atoms with Crippen molar-refractivity contribution in [2.75, 3.05) is 26.8 Å². The maximum Gasteiger partial charge on any atom is 0.0776 e. The summed E-state index contributed by atoms with van der Waals surface area (Å²) in [5.41, 5.74) is -0.495. The Morgan fingerprint density at radius 2 is 1.93 bits per heavy atom. The molecule has 1 rings (SSSR count). The van der Waals surface area contributed by atoms with Gasteiger partial charge in [-0.25, -0.2) is 0 Å². The van der Waals surface area contributed by atoms with Crippen LogP contribution in [0.25, 0.3) is 0 Å². The van der Waals surface area contributed by atoms with Crippen LogP contribution in [0.3, 0.4) is 0 Å². The molecule has 1 aliphatic rings. The third-order valence-corrected chi connectivity index (χ3v) is 3.20. The molecule has 2 N–H and O–H groups in total. The molecule has 90 valence electrons. The van der Waals surface area contributed by atoms with E-state index < -0.39 is 5.60 Å². The zero-order chi connectivity index (χ0) is 11.3. The van der Waals surface area contributed by atoms with Crippen molar-refractivity contribution < 1.29 is 9.84 Å². The zero-order valence-corrected chi connectivity index (χ0v) is 10.3. The summed E-state index contributed by atoms with van der Waals surface area (Å²) in [5.74, 6) is 1.28. The van der Waals surface area contributed by atoms with E-state index in [1.54, 1.807) is 7.11 Å². The van der Waals surface area contributed by atoms with E-state index in [1.165, 1.54) is 6.42 Å². The van der Waals surface area contributed by atoms with Gasteiger partial charge in [0, 0.05) is 20.2 Å². The lowest BCUT2D eigenvalue weighted by atomic mass is 9.74. The van der Waals surface area contributed by atoms with Gasteiger partial charge in [-0.1, -0.05) is 13.8 Å². The molecule has 1 aliphatic carbocycles. The van der Waals surface area contributed by atoms with Gasteiger partial charge in [-0.2, -0.15) is 0 Å². The standard InChI is InChI=1S/C12H25NO2/c1-10-6-11(2)8-12(14,7-10)9-13-4-5-15-3/h10-11,13-14H,4-9H2,1-3H3. The van der Waals surface area contributed by atoms with E-state index in [-0.39, 0.29) is 0 Å². The Labute approximate surface area is 93.2 Å². The van der Waals surface area contributed by atoms with Gasteiger partial charge in [-0.3, -0.25) is 0 Å². The molecule has 1 saturated carbocycles. The molecule has 15 heavy (non-hydrogen) atoms. The first-order valence-corrected chi connectivity index (χ1v) is 5.98. The Kier molecular flexibility index (Phi) is 5.03. The van der Waals surface area contributed by atoms with Gasteiger partial charge in [0.25, 0.3) is 0 Å². The summed E-state index contributed by atoms with van der Waals surface area (Å²) in [4.78, 5) is 0. The number of hydrogen-bond donors (Lipinski definition) is 2. The number of rotatable bonds is 5. The Hall–Kier alpha value is -0.120. The number of aliphatic hydroxyl groups is 1. The van der Waals surface area contributed by atoms with Crippen LogP contribution >= 0.6 is 0 Å². The fourth-order valence-electron chi connectivity index (χ4n) is 2.87. The van der Waals surface area contributed by atoms with Crippen LogP contribution in [-0.4, -0.2) is 37.5 Å². The van der Waals surface area contributed by atoms with Gasteiger partial charge in [-0.05, 0) is 31.1 Å². The van der Waals surface area contributed by atoms with Gasteiger partial charge >= 0.3 is 0 Å². The Morgan fingerprint density at radius 1 is 1.33 bits per heavy atom. The van der Waals surface area contributed by atoms with Crippen LogP contribution in [-0.2, 0) is 4.74 Å². The van der Waals surface area contributed by atoms with Gasteiger partial charge in [-0.15, -0.1) is 0 Å². The molecule has 0 bridgehead atoms. The van der Waals surface area contributed by atoms with Crippen LogP contribution < -0.4 is 5.32 Å². The van der Waals surface area contributed by atoms with E-state index in [0.29, 0.717) is 25.0 Å². The predicted octanol–water partition coefficient (Wildman–Crippen LogP) is 1.41. The molecule has 0 amide bonds. The molecule has 0 saturated heterocycles. The van der Waals surface area contributed by atoms with Crippen molar-refractivity contribution >= 4 is 0 Å². The van der Waals surface area contributed by atoms with Crippen LogP contribution in [0, 0.1) is 11.8 Å². The zero-order valence-electron chi connectivity index (χ0n) is 10.3. The summed E-state index contributed by atoms with van der Waals surface area (Å²) in [6, 6.07) is 0. The second-order valence-corrected chi connectivity index (χ2v) is 5.25. The highest BCUT2D eigenvalue weighted by molar-refractivity contribution is 4.89. The van der Waals surface area contributed by atoms with Gasteiger partial charge < -0.3 is 15.2 Å². The van der Waals surface area contributed by atoms with Crippen molar-refractivity contribution in [3.05, 3.63) is 0 Å². The highest BCUT2D eigenvalue weighted by Crippen LogP contribution is 2.35. The van der Waals surface area contributed by atoms with Crippen LogP contribution in [0.4, 0.5) is 0 Å². The Morgan fingerprint density at radius 3 is 2.47 bits per heavy atom. The summed E-state index contributed by atoms with van der Waals surface area (Å²) < 4.78 is 4.96. The van der Waals surface area contributed by atoms with Crippen LogP contribution in [0.5, 0.6) is 0 Å². The molecule has 1 fully saturated rings. The molecular formula is C12H25NO2. The van der Waals surface area contributed by atoms with Crippen LogP contribution in [0.1, 0.15) is 33.1 Å². The molecule has 3 nitrogen and oxygen atoms in total. The molecule has 2 unspecified atom stereocenters. The third-order valence-electron chi connectivity index (χ3n) is 3.20. The van der Waals surface area contributed by atoms with E-state index in [0.717, 1.165) is 19.4 Å². The van der Waals surface area contributed by atoms with Crippen molar-refractivity contribution in [2.45, 2.75) is 38.7 Å². The molecule has 3 heteroatoms. The molecule has 0 radical (unpaired) electrons. The summed E-state index contributed by atoms with van der Waals surface area (Å²) in [6.45, 7) is 6.69. The Bertz CT molecular complexity index is 174. The van der Waals surface area contributed by atoms with E-state index in [9.17, 15) is 5.11 Å². The molecule has 0 aromatic heterocycles. The lowest BCUT2D eigenvalue weighted by Gasteiger charge is -2.39. The summed E-state index contributed by atoms with van der Waals surface area (Å²) in [7, 11) is 1.70. The number of methoxy groups -OCH3 is 1. The largest absolute Gasteiger partial charge is 0.389 e. The summed E-state index contributed by atoms with van der Waals surface area (Å²) in [6.07, 6.45) is 3.11. The highest BCUT2D eigenvalue weighted by Gasteiger charge is 2.35. The van der Waals surface area contributed by atoms with Gasteiger partial charge in [0.05, 0.1) is 12.2 Å². The van der Waals surface area contributed by atoms with E-state index in [1.807, 2.05) is 0 Å². The monoisotopic (exact) mass is 215 g/mol. The smallest absolute Gasteiger partial charge is 0.0776 e. The van der Waals surface area contributed by atoms with Gasteiger partial charge in [0.1, 0.15) is 0 Å². The fraction of sp³-hybridized carbons (Fsp3) is 1.00. The summed E-state index contributed by atoms with van der Waals surface area (Å²) in [5, 5.41) is 13.7.